The van der Waals surface area contributed by atoms with Gasteiger partial charge in [0, 0.05) is 24.8 Å². The van der Waals surface area contributed by atoms with Crippen LogP contribution in [-0.2, 0) is 0 Å². The Labute approximate surface area is 113 Å². The fourth-order valence-electron chi connectivity index (χ4n) is 2.73. The SMILES string of the molecule is CC(C)C1CCN(c2ccc([N+](=O)[O-])c(N)c2)CC1. The quantitative estimate of drug-likeness (QED) is 0.517. The van der Waals surface area contributed by atoms with Gasteiger partial charge < -0.3 is 10.6 Å². The summed E-state index contributed by atoms with van der Waals surface area (Å²) in [5.41, 5.74) is 6.96. The Balaban J connectivity index is 2.08. The van der Waals surface area contributed by atoms with Gasteiger partial charge in [0.2, 0.25) is 0 Å². The molecule has 0 aliphatic carbocycles. The fraction of sp³-hybridized carbons (Fsp3) is 0.571. The number of anilines is 2. The molecule has 1 aliphatic heterocycles. The van der Waals surface area contributed by atoms with Gasteiger partial charge in [0.15, 0.2) is 0 Å². The molecule has 1 aliphatic rings. The van der Waals surface area contributed by atoms with Gasteiger partial charge in [0.1, 0.15) is 5.69 Å². The molecule has 0 unspecified atom stereocenters. The number of nitrogens with two attached hydrogens (primary N) is 1. The van der Waals surface area contributed by atoms with Gasteiger partial charge in [0.05, 0.1) is 4.92 Å². The molecular weight excluding hydrogens is 242 g/mol. The lowest BCUT2D eigenvalue weighted by Gasteiger charge is -2.35. The molecule has 1 saturated heterocycles. The third-order valence-corrected chi connectivity index (χ3v) is 4.06. The van der Waals surface area contributed by atoms with Crippen molar-refractivity contribution >= 4 is 17.1 Å². The Morgan fingerprint density at radius 2 is 2.00 bits per heavy atom. The summed E-state index contributed by atoms with van der Waals surface area (Å²) in [5, 5.41) is 10.7. The van der Waals surface area contributed by atoms with Crippen LogP contribution in [0.2, 0.25) is 0 Å². The molecule has 1 aromatic carbocycles. The predicted octanol–water partition coefficient (Wildman–Crippen LogP) is 3.05. The van der Waals surface area contributed by atoms with Crippen molar-refractivity contribution in [2.75, 3.05) is 23.7 Å². The fourth-order valence-corrected chi connectivity index (χ4v) is 2.73. The molecule has 104 valence electrons. The van der Waals surface area contributed by atoms with Crippen LogP contribution in [0.4, 0.5) is 17.1 Å². The molecule has 1 heterocycles. The highest BCUT2D eigenvalue weighted by Gasteiger charge is 2.22. The summed E-state index contributed by atoms with van der Waals surface area (Å²) in [5.74, 6) is 1.51. The number of hydrogen-bond donors (Lipinski definition) is 1. The normalized spacial score (nSPS) is 16.9. The van der Waals surface area contributed by atoms with Crippen LogP contribution >= 0.6 is 0 Å². The summed E-state index contributed by atoms with van der Waals surface area (Å²) in [4.78, 5) is 12.6. The van der Waals surface area contributed by atoms with Crippen molar-refractivity contribution in [2.45, 2.75) is 26.7 Å². The number of benzene rings is 1. The zero-order chi connectivity index (χ0) is 14.0. The first-order valence-corrected chi connectivity index (χ1v) is 6.78. The lowest BCUT2D eigenvalue weighted by molar-refractivity contribution is -0.383. The second-order valence-corrected chi connectivity index (χ2v) is 5.57. The minimum atomic E-state index is -0.440. The standard InChI is InChI=1S/C14H21N3O2/c1-10(2)11-5-7-16(8-6-11)12-3-4-14(17(18)19)13(15)9-12/h3-4,9-11H,5-8,15H2,1-2H3. The first kappa shape index (κ1) is 13.6. The number of nitro benzene ring substituents is 1. The van der Waals surface area contributed by atoms with Crippen LogP contribution < -0.4 is 10.6 Å². The van der Waals surface area contributed by atoms with E-state index in [-0.39, 0.29) is 11.4 Å². The zero-order valence-corrected chi connectivity index (χ0v) is 11.5. The van der Waals surface area contributed by atoms with E-state index >= 15 is 0 Å². The van der Waals surface area contributed by atoms with E-state index in [9.17, 15) is 10.1 Å². The van der Waals surface area contributed by atoms with Crippen molar-refractivity contribution in [3.63, 3.8) is 0 Å². The average molecular weight is 263 g/mol. The van der Waals surface area contributed by atoms with Crippen LogP contribution in [0, 0.1) is 22.0 Å². The number of nitrogens with zero attached hydrogens (tertiary/aromatic N) is 2. The molecule has 19 heavy (non-hydrogen) atoms. The van der Waals surface area contributed by atoms with Gasteiger partial charge in [0.25, 0.3) is 5.69 Å². The highest BCUT2D eigenvalue weighted by molar-refractivity contribution is 5.66. The molecule has 0 spiro atoms. The predicted molar refractivity (Wildman–Crippen MR) is 77.3 cm³/mol. The Kier molecular flexibility index (Phi) is 3.93. The molecule has 0 radical (unpaired) electrons. The first-order chi connectivity index (χ1) is 8.99. The monoisotopic (exact) mass is 263 g/mol. The van der Waals surface area contributed by atoms with Crippen molar-refractivity contribution in [3.05, 3.63) is 28.3 Å². The summed E-state index contributed by atoms with van der Waals surface area (Å²) < 4.78 is 0. The number of hydrogen-bond acceptors (Lipinski definition) is 4. The average Bonchev–Trinajstić information content (AvgIpc) is 2.38. The molecule has 0 saturated carbocycles. The maximum Gasteiger partial charge on any atom is 0.292 e. The van der Waals surface area contributed by atoms with Crippen LogP contribution in [0.5, 0.6) is 0 Å². The van der Waals surface area contributed by atoms with Crippen molar-refractivity contribution in [2.24, 2.45) is 11.8 Å². The number of nitro groups is 1. The largest absolute Gasteiger partial charge is 0.393 e. The molecule has 2 rings (SSSR count). The summed E-state index contributed by atoms with van der Waals surface area (Å²) in [6.45, 7) is 6.54. The molecule has 5 heteroatoms. The summed E-state index contributed by atoms with van der Waals surface area (Å²) >= 11 is 0. The molecule has 0 atom stereocenters. The van der Waals surface area contributed by atoms with Crippen molar-refractivity contribution in [3.8, 4) is 0 Å². The Hall–Kier alpha value is -1.78. The van der Waals surface area contributed by atoms with Crippen molar-refractivity contribution in [1.29, 1.82) is 0 Å². The highest BCUT2D eigenvalue weighted by Crippen LogP contribution is 2.31. The number of rotatable bonds is 3. The molecular formula is C14H21N3O2. The third-order valence-electron chi connectivity index (χ3n) is 4.06. The number of piperidine rings is 1. The third kappa shape index (κ3) is 2.97. The zero-order valence-electron chi connectivity index (χ0n) is 11.5. The summed E-state index contributed by atoms with van der Waals surface area (Å²) in [6, 6.07) is 5.01. The van der Waals surface area contributed by atoms with E-state index in [1.54, 1.807) is 12.1 Å². The second-order valence-electron chi connectivity index (χ2n) is 5.57. The van der Waals surface area contributed by atoms with E-state index in [1.165, 1.54) is 18.9 Å². The lowest BCUT2D eigenvalue weighted by atomic mass is 9.86. The molecule has 1 aromatic rings. The highest BCUT2D eigenvalue weighted by atomic mass is 16.6. The van der Waals surface area contributed by atoms with Gasteiger partial charge >= 0.3 is 0 Å². The molecule has 2 N–H and O–H groups in total. The van der Waals surface area contributed by atoms with Crippen LogP contribution in [0.15, 0.2) is 18.2 Å². The topological polar surface area (TPSA) is 72.4 Å². The lowest BCUT2D eigenvalue weighted by Crippen LogP contribution is -2.35. The second kappa shape index (κ2) is 5.47. The van der Waals surface area contributed by atoms with E-state index in [4.69, 9.17) is 5.73 Å². The Morgan fingerprint density at radius 3 is 2.47 bits per heavy atom. The van der Waals surface area contributed by atoms with E-state index in [2.05, 4.69) is 18.7 Å². The molecule has 1 fully saturated rings. The van der Waals surface area contributed by atoms with Gasteiger partial charge in [-0.3, -0.25) is 10.1 Å². The maximum absolute atomic E-state index is 10.7. The van der Waals surface area contributed by atoms with Crippen molar-refractivity contribution in [1.82, 2.24) is 0 Å². The van der Waals surface area contributed by atoms with Gasteiger partial charge in [-0.15, -0.1) is 0 Å². The Morgan fingerprint density at radius 1 is 1.37 bits per heavy atom. The van der Waals surface area contributed by atoms with Gasteiger partial charge in [-0.05, 0) is 36.8 Å². The van der Waals surface area contributed by atoms with E-state index in [1.807, 2.05) is 0 Å². The minimum absolute atomic E-state index is 0.0131. The molecule has 0 aromatic heterocycles. The molecule has 0 amide bonds. The van der Waals surface area contributed by atoms with Gasteiger partial charge in [-0.2, -0.15) is 0 Å². The molecule has 0 bridgehead atoms. The van der Waals surface area contributed by atoms with E-state index in [0.717, 1.165) is 30.6 Å². The maximum atomic E-state index is 10.7. The van der Waals surface area contributed by atoms with Crippen LogP contribution in [0.3, 0.4) is 0 Å². The van der Waals surface area contributed by atoms with E-state index in [0.29, 0.717) is 0 Å². The Bertz CT molecular complexity index is 466. The first-order valence-electron chi connectivity index (χ1n) is 6.78. The van der Waals surface area contributed by atoms with Gasteiger partial charge in [-0.25, -0.2) is 0 Å². The van der Waals surface area contributed by atoms with Crippen molar-refractivity contribution < 1.29 is 4.92 Å². The smallest absolute Gasteiger partial charge is 0.292 e. The van der Waals surface area contributed by atoms with Gasteiger partial charge in [-0.1, -0.05) is 13.8 Å². The van der Waals surface area contributed by atoms with E-state index < -0.39 is 4.92 Å². The summed E-state index contributed by atoms with van der Waals surface area (Å²) in [6.07, 6.45) is 2.35. The number of nitrogen functional groups attached to an aromatic ring is 1. The minimum Gasteiger partial charge on any atom is -0.393 e. The van der Waals surface area contributed by atoms with Crippen LogP contribution in [0.25, 0.3) is 0 Å². The van der Waals surface area contributed by atoms with Crippen LogP contribution in [0.1, 0.15) is 26.7 Å². The summed E-state index contributed by atoms with van der Waals surface area (Å²) in [7, 11) is 0. The molecule has 5 nitrogen and oxygen atoms in total. The van der Waals surface area contributed by atoms with Crippen LogP contribution in [-0.4, -0.2) is 18.0 Å².